The molecule has 0 amide bonds. The molecule has 0 saturated heterocycles. The van der Waals surface area contributed by atoms with Gasteiger partial charge in [-0.1, -0.05) is 11.6 Å². The Kier molecular flexibility index (Phi) is 4.58. The third kappa shape index (κ3) is 3.06. The zero-order valence-electron chi connectivity index (χ0n) is 11.8. The number of hydrogen-bond donors (Lipinski definition) is 1. The van der Waals surface area contributed by atoms with Crippen molar-refractivity contribution in [1.82, 2.24) is 15.1 Å². The molecule has 114 valence electrons. The Hall–Kier alpha value is -1.53. The van der Waals surface area contributed by atoms with Gasteiger partial charge in [0.2, 0.25) is 0 Å². The summed E-state index contributed by atoms with van der Waals surface area (Å²) in [4.78, 5) is 0. The third-order valence-electron chi connectivity index (χ3n) is 3.40. The maximum Gasteiger partial charge on any atom is 0.133 e. The Balaban J connectivity index is 2.41. The van der Waals surface area contributed by atoms with Gasteiger partial charge in [0, 0.05) is 37.2 Å². The van der Waals surface area contributed by atoms with Crippen LogP contribution in [0, 0.1) is 24.4 Å². The van der Waals surface area contributed by atoms with E-state index < -0.39 is 23.5 Å². The van der Waals surface area contributed by atoms with Crippen molar-refractivity contribution < 1.29 is 13.2 Å². The van der Waals surface area contributed by atoms with Gasteiger partial charge >= 0.3 is 0 Å². The first-order valence-electron chi connectivity index (χ1n) is 6.34. The van der Waals surface area contributed by atoms with Gasteiger partial charge in [0.15, 0.2) is 0 Å². The quantitative estimate of drug-likeness (QED) is 0.937. The van der Waals surface area contributed by atoms with Gasteiger partial charge < -0.3 is 5.32 Å². The van der Waals surface area contributed by atoms with Crippen molar-refractivity contribution in [2.75, 3.05) is 7.05 Å². The lowest BCUT2D eigenvalue weighted by atomic mass is 10.0. The molecule has 0 aliphatic rings. The van der Waals surface area contributed by atoms with E-state index in [1.54, 1.807) is 25.7 Å². The van der Waals surface area contributed by atoms with Gasteiger partial charge in [-0.15, -0.1) is 0 Å². The van der Waals surface area contributed by atoms with Crippen LogP contribution in [0.15, 0.2) is 12.1 Å². The molecule has 0 saturated carbocycles. The molecule has 2 rings (SSSR count). The lowest BCUT2D eigenvalue weighted by Gasteiger charge is -2.18. The molecule has 21 heavy (non-hydrogen) atoms. The molecule has 0 fully saturated rings. The first kappa shape index (κ1) is 15.9. The van der Waals surface area contributed by atoms with E-state index in [-0.39, 0.29) is 12.0 Å². The topological polar surface area (TPSA) is 29.9 Å². The van der Waals surface area contributed by atoms with E-state index >= 15 is 0 Å². The van der Waals surface area contributed by atoms with E-state index in [0.717, 1.165) is 0 Å². The van der Waals surface area contributed by atoms with Crippen LogP contribution in [0.1, 0.15) is 23.0 Å². The fraction of sp³-hybridized carbons (Fsp3) is 0.357. The van der Waals surface area contributed by atoms with Crippen LogP contribution >= 0.6 is 11.6 Å². The smallest absolute Gasteiger partial charge is 0.133 e. The van der Waals surface area contributed by atoms with Gasteiger partial charge in [-0.2, -0.15) is 5.10 Å². The predicted octanol–water partition coefficient (Wildman–Crippen LogP) is 3.30. The van der Waals surface area contributed by atoms with Crippen molar-refractivity contribution in [3.8, 4) is 0 Å². The molecular weight excluding hydrogens is 303 g/mol. The van der Waals surface area contributed by atoms with Crippen molar-refractivity contribution >= 4 is 11.6 Å². The van der Waals surface area contributed by atoms with Crippen LogP contribution in [0.3, 0.4) is 0 Å². The van der Waals surface area contributed by atoms with Crippen molar-refractivity contribution in [2.24, 2.45) is 7.05 Å². The normalized spacial score (nSPS) is 12.7. The maximum atomic E-state index is 13.9. The van der Waals surface area contributed by atoms with Gasteiger partial charge in [-0.05, 0) is 14.0 Å². The van der Waals surface area contributed by atoms with Crippen molar-refractivity contribution in [3.63, 3.8) is 0 Å². The van der Waals surface area contributed by atoms with Crippen LogP contribution in [0.25, 0.3) is 0 Å². The van der Waals surface area contributed by atoms with Gasteiger partial charge in [-0.3, -0.25) is 4.68 Å². The number of hydrogen-bond acceptors (Lipinski definition) is 2. The lowest BCUT2D eigenvalue weighted by Crippen LogP contribution is -2.23. The fourth-order valence-electron chi connectivity index (χ4n) is 2.33. The second-order valence-electron chi connectivity index (χ2n) is 4.80. The first-order chi connectivity index (χ1) is 9.85. The summed E-state index contributed by atoms with van der Waals surface area (Å²) in [6.07, 6.45) is 0.228. The number of aromatic nitrogens is 2. The average Bonchev–Trinajstić information content (AvgIpc) is 2.62. The summed E-state index contributed by atoms with van der Waals surface area (Å²) >= 11 is 6.15. The number of nitrogens with zero attached hydrogens (tertiary/aromatic N) is 2. The molecule has 0 aliphatic carbocycles. The van der Waals surface area contributed by atoms with Crippen molar-refractivity contribution in [3.05, 3.63) is 51.6 Å². The second kappa shape index (κ2) is 6.07. The summed E-state index contributed by atoms with van der Waals surface area (Å²) in [5.74, 6) is -2.80. The Labute approximate surface area is 125 Å². The minimum Gasteiger partial charge on any atom is -0.312 e. The van der Waals surface area contributed by atoms with Crippen LogP contribution in [-0.2, 0) is 13.5 Å². The van der Waals surface area contributed by atoms with Crippen molar-refractivity contribution in [2.45, 2.75) is 19.4 Å². The van der Waals surface area contributed by atoms with Gasteiger partial charge in [-0.25, -0.2) is 13.2 Å². The van der Waals surface area contributed by atoms with E-state index in [1.165, 1.54) is 0 Å². The Morgan fingerprint density at radius 3 is 2.29 bits per heavy atom. The molecular formula is C14H15ClF3N3. The predicted molar refractivity (Wildman–Crippen MR) is 74.8 cm³/mol. The summed E-state index contributed by atoms with van der Waals surface area (Å²) in [7, 11) is 3.28. The van der Waals surface area contributed by atoms with E-state index in [4.69, 9.17) is 11.6 Å². The van der Waals surface area contributed by atoms with Crippen LogP contribution in [0.2, 0.25) is 5.02 Å². The molecule has 0 spiro atoms. The van der Waals surface area contributed by atoms with Crippen LogP contribution in [0.4, 0.5) is 13.2 Å². The molecule has 2 aromatic rings. The van der Waals surface area contributed by atoms with E-state index in [2.05, 4.69) is 10.4 Å². The molecule has 0 radical (unpaired) electrons. The standard InChI is InChI=1S/C14H15ClF3N3/c1-7-14(15)12(21(3)20-7)6-11(19-2)13-9(17)4-8(16)5-10(13)18/h4-5,11,19H,6H2,1-3H3. The Bertz CT molecular complexity index is 647. The minimum absolute atomic E-state index is 0.214. The van der Waals surface area contributed by atoms with Crippen LogP contribution < -0.4 is 5.32 Å². The van der Waals surface area contributed by atoms with Crippen molar-refractivity contribution in [1.29, 1.82) is 0 Å². The van der Waals surface area contributed by atoms with Gasteiger partial charge in [0.25, 0.3) is 0 Å². The molecule has 1 unspecified atom stereocenters. The zero-order chi connectivity index (χ0) is 15.7. The highest BCUT2D eigenvalue weighted by molar-refractivity contribution is 6.31. The van der Waals surface area contributed by atoms with Gasteiger partial charge in [0.1, 0.15) is 17.5 Å². The highest BCUT2D eigenvalue weighted by Crippen LogP contribution is 2.28. The van der Waals surface area contributed by atoms with Gasteiger partial charge in [0.05, 0.1) is 16.4 Å². The number of aryl methyl sites for hydroxylation is 2. The molecule has 0 bridgehead atoms. The largest absolute Gasteiger partial charge is 0.312 e. The molecule has 1 aromatic carbocycles. The summed E-state index contributed by atoms with van der Waals surface area (Å²) in [5.41, 5.74) is 1.08. The Morgan fingerprint density at radius 1 is 1.29 bits per heavy atom. The molecule has 0 aliphatic heterocycles. The Morgan fingerprint density at radius 2 is 1.86 bits per heavy atom. The fourth-order valence-corrected chi connectivity index (χ4v) is 2.57. The number of halogens is 4. The third-order valence-corrected chi connectivity index (χ3v) is 3.89. The van der Waals surface area contributed by atoms with E-state index in [9.17, 15) is 13.2 Å². The highest BCUT2D eigenvalue weighted by Gasteiger charge is 2.23. The minimum atomic E-state index is -0.946. The van der Waals surface area contributed by atoms with E-state index in [1.807, 2.05) is 0 Å². The lowest BCUT2D eigenvalue weighted by molar-refractivity contribution is 0.468. The second-order valence-corrected chi connectivity index (χ2v) is 5.18. The van der Waals surface area contributed by atoms with Crippen LogP contribution in [-0.4, -0.2) is 16.8 Å². The molecule has 1 N–H and O–H groups in total. The number of nitrogens with one attached hydrogen (secondary N) is 1. The number of benzene rings is 1. The highest BCUT2D eigenvalue weighted by atomic mass is 35.5. The summed E-state index contributed by atoms with van der Waals surface area (Å²) < 4.78 is 42.3. The monoisotopic (exact) mass is 317 g/mol. The summed E-state index contributed by atoms with van der Waals surface area (Å²) in [6, 6.07) is 0.649. The molecule has 7 heteroatoms. The molecule has 1 heterocycles. The SMILES string of the molecule is CNC(Cc1c(Cl)c(C)nn1C)c1c(F)cc(F)cc1F. The zero-order valence-corrected chi connectivity index (χ0v) is 12.6. The average molecular weight is 318 g/mol. The van der Waals surface area contributed by atoms with Crippen LogP contribution in [0.5, 0.6) is 0 Å². The molecule has 3 nitrogen and oxygen atoms in total. The molecule has 1 aromatic heterocycles. The summed E-state index contributed by atoms with van der Waals surface area (Å²) in [5, 5.41) is 7.45. The number of likely N-dealkylation sites (N-methyl/N-ethyl adjacent to an activating group) is 1. The number of rotatable bonds is 4. The maximum absolute atomic E-state index is 13.9. The first-order valence-corrected chi connectivity index (χ1v) is 6.72. The summed E-state index contributed by atoms with van der Waals surface area (Å²) in [6.45, 7) is 1.75. The molecule has 1 atom stereocenters. The van der Waals surface area contributed by atoms with E-state index in [0.29, 0.717) is 28.5 Å².